The molecule has 1 aromatic rings. The summed E-state index contributed by atoms with van der Waals surface area (Å²) in [6.07, 6.45) is 3.92. The van der Waals surface area contributed by atoms with Gasteiger partial charge in [0.1, 0.15) is 0 Å². The van der Waals surface area contributed by atoms with E-state index in [1.54, 1.807) is 0 Å². The van der Waals surface area contributed by atoms with Gasteiger partial charge in [-0.1, -0.05) is 30.3 Å². The SMILES string of the molecule is c1ccc(C2(CNCCCN3CCOCC3)CC2)cc1. The van der Waals surface area contributed by atoms with Crippen LogP contribution in [0.2, 0.25) is 0 Å². The number of benzene rings is 1. The van der Waals surface area contributed by atoms with Gasteiger partial charge in [0.15, 0.2) is 0 Å². The van der Waals surface area contributed by atoms with Crippen LogP contribution in [-0.2, 0) is 10.2 Å². The maximum absolute atomic E-state index is 5.37. The highest BCUT2D eigenvalue weighted by Crippen LogP contribution is 2.47. The number of morpholine rings is 1. The van der Waals surface area contributed by atoms with Crippen LogP contribution < -0.4 is 5.32 Å². The molecule has 1 saturated heterocycles. The van der Waals surface area contributed by atoms with Gasteiger partial charge in [0.25, 0.3) is 0 Å². The van der Waals surface area contributed by atoms with Crippen LogP contribution in [0.1, 0.15) is 24.8 Å². The molecule has 1 aliphatic carbocycles. The molecular formula is C17H26N2O. The van der Waals surface area contributed by atoms with E-state index in [1.807, 2.05) is 0 Å². The highest BCUT2D eigenvalue weighted by atomic mass is 16.5. The summed E-state index contributed by atoms with van der Waals surface area (Å²) in [5.74, 6) is 0. The quantitative estimate of drug-likeness (QED) is 0.770. The minimum absolute atomic E-state index is 0.445. The lowest BCUT2D eigenvalue weighted by Gasteiger charge is -2.26. The summed E-state index contributed by atoms with van der Waals surface area (Å²) < 4.78 is 5.37. The highest BCUT2D eigenvalue weighted by Gasteiger charge is 2.43. The summed E-state index contributed by atoms with van der Waals surface area (Å²) in [5, 5.41) is 3.67. The number of nitrogens with one attached hydrogen (secondary N) is 1. The van der Waals surface area contributed by atoms with E-state index >= 15 is 0 Å². The maximum atomic E-state index is 5.37. The van der Waals surface area contributed by atoms with Gasteiger partial charge in [0.05, 0.1) is 13.2 Å². The van der Waals surface area contributed by atoms with Crippen molar-refractivity contribution in [2.45, 2.75) is 24.7 Å². The fourth-order valence-electron chi connectivity index (χ4n) is 3.09. The molecule has 1 N–H and O–H groups in total. The minimum Gasteiger partial charge on any atom is -0.379 e. The molecule has 0 amide bonds. The van der Waals surface area contributed by atoms with Crippen molar-refractivity contribution in [3.8, 4) is 0 Å². The molecular weight excluding hydrogens is 248 g/mol. The third kappa shape index (κ3) is 3.60. The molecule has 0 aromatic heterocycles. The molecule has 2 aliphatic rings. The summed E-state index contributed by atoms with van der Waals surface area (Å²) in [5.41, 5.74) is 1.96. The Balaban J connectivity index is 1.34. The monoisotopic (exact) mass is 274 g/mol. The lowest BCUT2D eigenvalue weighted by molar-refractivity contribution is 0.0374. The Morgan fingerprint density at radius 3 is 2.55 bits per heavy atom. The molecule has 1 aromatic carbocycles. The van der Waals surface area contributed by atoms with E-state index in [2.05, 4.69) is 40.5 Å². The van der Waals surface area contributed by atoms with Gasteiger partial charge < -0.3 is 10.1 Å². The molecule has 0 radical (unpaired) electrons. The van der Waals surface area contributed by atoms with Crippen LogP contribution in [-0.4, -0.2) is 50.8 Å². The number of hydrogen-bond donors (Lipinski definition) is 1. The molecule has 110 valence electrons. The smallest absolute Gasteiger partial charge is 0.0594 e. The molecule has 1 saturated carbocycles. The Bertz CT molecular complexity index is 397. The van der Waals surface area contributed by atoms with Gasteiger partial charge in [-0.2, -0.15) is 0 Å². The second-order valence-electron chi connectivity index (χ2n) is 6.13. The van der Waals surface area contributed by atoms with Gasteiger partial charge in [0, 0.05) is 25.0 Å². The van der Waals surface area contributed by atoms with Crippen LogP contribution in [0.3, 0.4) is 0 Å². The van der Waals surface area contributed by atoms with Crippen LogP contribution in [0, 0.1) is 0 Å². The van der Waals surface area contributed by atoms with E-state index in [0.717, 1.165) is 39.4 Å². The first kappa shape index (κ1) is 14.1. The summed E-state index contributed by atoms with van der Waals surface area (Å²) in [7, 11) is 0. The molecule has 1 aliphatic heterocycles. The molecule has 1 heterocycles. The number of rotatable bonds is 7. The Hall–Kier alpha value is -0.900. The molecule has 0 bridgehead atoms. The Morgan fingerprint density at radius 1 is 1.10 bits per heavy atom. The average Bonchev–Trinajstić information content (AvgIpc) is 3.30. The molecule has 0 unspecified atom stereocenters. The number of ether oxygens (including phenoxy) is 1. The van der Waals surface area contributed by atoms with E-state index in [1.165, 1.54) is 31.4 Å². The highest BCUT2D eigenvalue weighted by molar-refractivity contribution is 5.31. The van der Waals surface area contributed by atoms with Crippen molar-refractivity contribution in [2.75, 3.05) is 45.9 Å². The van der Waals surface area contributed by atoms with Gasteiger partial charge >= 0.3 is 0 Å². The molecule has 3 nitrogen and oxygen atoms in total. The molecule has 20 heavy (non-hydrogen) atoms. The minimum atomic E-state index is 0.445. The second kappa shape index (κ2) is 6.70. The van der Waals surface area contributed by atoms with Gasteiger partial charge in [-0.25, -0.2) is 0 Å². The van der Waals surface area contributed by atoms with Crippen molar-refractivity contribution in [3.63, 3.8) is 0 Å². The van der Waals surface area contributed by atoms with Crippen molar-refractivity contribution in [1.29, 1.82) is 0 Å². The summed E-state index contributed by atoms with van der Waals surface area (Å²) in [6.45, 7) is 7.50. The van der Waals surface area contributed by atoms with E-state index in [0.29, 0.717) is 5.41 Å². The van der Waals surface area contributed by atoms with Crippen molar-refractivity contribution in [2.24, 2.45) is 0 Å². The van der Waals surface area contributed by atoms with Crippen LogP contribution >= 0.6 is 0 Å². The Labute approximate surface area is 122 Å². The number of nitrogens with zero attached hydrogens (tertiary/aromatic N) is 1. The first-order valence-electron chi connectivity index (χ1n) is 7.95. The average molecular weight is 274 g/mol. The fourth-order valence-corrected chi connectivity index (χ4v) is 3.09. The van der Waals surface area contributed by atoms with Crippen molar-refractivity contribution in [3.05, 3.63) is 35.9 Å². The van der Waals surface area contributed by atoms with Crippen LogP contribution in [0.5, 0.6) is 0 Å². The molecule has 0 spiro atoms. The fraction of sp³-hybridized carbons (Fsp3) is 0.647. The molecule has 0 atom stereocenters. The van der Waals surface area contributed by atoms with E-state index in [4.69, 9.17) is 4.74 Å². The van der Waals surface area contributed by atoms with E-state index in [9.17, 15) is 0 Å². The summed E-state index contributed by atoms with van der Waals surface area (Å²) in [4.78, 5) is 2.51. The zero-order chi connectivity index (χ0) is 13.7. The van der Waals surface area contributed by atoms with Crippen LogP contribution in [0.15, 0.2) is 30.3 Å². The summed E-state index contributed by atoms with van der Waals surface area (Å²) in [6, 6.07) is 11.0. The second-order valence-corrected chi connectivity index (χ2v) is 6.13. The predicted molar refractivity (Wildman–Crippen MR) is 82.1 cm³/mol. The standard InChI is InChI=1S/C17H26N2O/c1-2-5-16(6-3-1)17(7-8-17)15-18-9-4-10-19-11-13-20-14-12-19/h1-3,5-6,18H,4,7-15H2. The zero-order valence-corrected chi connectivity index (χ0v) is 12.3. The molecule has 3 heteroatoms. The van der Waals surface area contributed by atoms with Crippen molar-refractivity contribution < 1.29 is 4.74 Å². The maximum Gasteiger partial charge on any atom is 0.0594 e. The van der Waals surface area contributed by atoms with Gasteiger partial charge in [-0.3, -0.25) is 4.90 Å². The van der Waals surface area contributed by atoms with Gasteiger partial charge in [0.2, 0.25) is 0 Å². The number of hydrogen-bond acceptors (Lipinski definition) is 3. The molecule has 3 rings (SSSR count). The molecule has 2 fully saturated rings. The van der Waals surface area contributed by atoms with Crippen molar-refractivity contribution >= 4 is 0 Å². The lowest BCUT2D eigenvalue weighted by atomic mass is 9.96. The Morgan fingerprint density at radius 2 is 1.85 bits per heavy atom. The first-order chi connectivity index (χ1) is 9.89. The predicted octanol–water partition coefficient (Wildman–Crippen LogP) is 2.03. The third-order valence-electron chi connectivity index (χ3n) is 4.63. The topological polar surface area (TPSA) is 24.5 Å². The van der Waals surface area contributed by atoms with Gasteiger partial charge in [-0.15, -0.1) is 0 Å². The van der Waals surface area contributed by atoms with Crippen LogP contribution in [0.25, 0.3) is 0 Å². The van der Waals surface area contributed by atoms with E-state index < -0.39 is 0 Å². The normalized spacial score (nSPS) is 21.8. The van der Waals surface area contributed by atoms with Crippen molar-refractivity contribution in [1.82, 2.24) is 10.2 Å². The third-order valence-corrected chi connectivity index (χ3v) is 4.63. The van der Waals surface area contributed by atoms with Crippen LogP contribution in [0.4, 0.5) is 0 Å². The zero-order valence-electron chi connectivity index (χ0n) is 12.3. The first-order valence-corrected chi connectivity index (χ1v) is 7.95. The lowest BCUT2D eigenvalue weighted by Crippen LogP contribution is -2.38. The Kier molecular flexibility index (Phi) is 4.71. The summed E-state index contributed by atoms with van der Waals surface area (Å²) >= 11 is 0. The largest absolute Gasteiger partial charge is 0.379 e. The van der Waals surface area contributed by atoms with E-state index in [-0.39, 0.29) is 0 Å². The van der Waals surface area contributed by atoms with Gasteiger partial charge in [-0.05, 0) is 37.9 Å².